The van der Waals surface area contributed by atoms with Crippen LogP contribution in [0.25, 0.3) is 0 Å². The summed E-state index contributed by atoms with van der Waals surface area (Å²) in [4.78, 5) is 16.3. The summed E-state index contributed by atoms with van der Waals surface area (Å²) in [6, 6.07) is 7.32. The maximum atomic E-state index is 11.9. The molecule has 0 saturated carbocycles. The number of nitrogens with one attached hydrogen (secondary N) is 2. The topological polar surface area (TPSA) is 63.2 Å². The smallest absolute Gasteiger partial charge is 0.321 e. The van der Waals surface area contributed by atoms with Crippen LogP contribution < -0.4 is 15.4 Å². The van der Waals surface area contributed by atoms with E-state index in [1.165, 1.54) is 11.3 Å². The molecular formula is C16H21N3O2S. The number of aromatic nitrogens is 1. The predicted molar refractivity (Wildman–Crippen MR) is 89.7 cm³/mol. The average molecular weight is 319 g/mol. The minimum atomic E-state index is -0.266. The molecule has 22 heavy (non-hydrogen) atoms. The van der Waals surface area contributed by atoms with Gasteiger partial charge in [-0.1, -0.05) is 32.9 Å². The standard InChI is InChI=1S/C16H21N3O2S/c1-16(2,3)13-10-22-15(18-13)19-14(20)17-9-11-6-5-7-12(8-11)21-4/h5-8,10H,9H2,1-4H3,(H2,17,18,19,20). The third kappa shape index (κ3) is 4.46. The number of methoxy groups -OCH3 is 1. The third-order valence-corrected chi connectivity index (χ3v) is 3.84. The zero-order valence-corrected chi connectivity index (χ0v) is 14.1. The molecule has 0 bridgehead atoms. The molecule has 0 atom stereocenters. The molecule has 2 amide bonds. The molecule has 0 saturated heterocycles. The van der Waals surface area contributed by atoms with Gasteiger partial charge in [0, 0.05) is 17.3 Å². The monoisotopic (exact) mass is 319 g/mol. The molecule has 0 aliphatic rings. The molecule has 5 nitrogen and oxygen atoms in total. The molecule has 1 heterocycles. The lowest BCUT2D eigenvalue weighted by molar-refractivity contribution is 0.251. The van der Waals surface area contributed by atoms with E-state index in [4.69, 9.17) is 4.74 Å². The van der Waals surface area contributed by atoms with E-state index in [0.29, 0.717) is 11.7 Å². The fourth-order valence-electron chi connectivity index (χ4n) is 1.78. The number of anilines is 1. The quantitative estimate of drug-likeness (QED) is 0.901. The van der Waals surface area contributed by atoms with Crippen molar-refractivity contribution < 1.29 is 9.53 Å². The van der Waals surface area contributed by atoms with Crippen molar-refractivity contribution in [1.29, 1.82) is 0 Å². The number of benzene rings is 1. The van der Waals surface area contributed by atoms with Crippen LogP contribution in [0.15, 0.2) is 29.6 Å². The third-order valence-electron chi connectivity index (χ3n) is 3.08. The summed E-state index contributed by atoms with van der Waals surface area (Å²) in [6.45, 7) is 6.71. The summed E-state index contributed by atoms with van der Waals surface area (Å²) in [5.74, 6) is 0.773. The predicted octanol–water partition coefficient (Wildman–Crippen LogP) is 3.77. The first-order chi connectivity index (χ1) is 10.4. The molecule has 0 radical (unpaired) electrons. The summed E-state index contributed by atoms with van der Waals surface area (Å²) < 4.78 is 5.16. The Kier molecular flexibility index (Phi) is 5.03. The highest BCUT2D eigenvalue weighted by molar-refractivity contribution is 7.13. The van der Waals surface area contributed by atoms with Crippen LogP contribution >= 0.6 is 11.3 Å². The number of thiazole rings is 1. The van der Waals surface area contributed by atoms with Gasteiger partial charge in [-0.2, -0.15) is 0 Å². The number of carbonyl (C=O) groups excluding carboxylic acids is 1. The van der Waals surface area contributed by atoms with Gasteiger partial charge in [0.1, 0.15) is 5.75 Å². The van der Waals surface area contributed by atoms with Gasteiger partial charge in [-0.3, -0.25) is 5.32 Å². The van der Waals surface area contributed by atoms with Crippen molar-refractivity contribution in [3.63, 3.8) is 0 Å². The fraction of sp³-hybridized carbons (Fsp3) is 0.375. The van der Waals surface area contributed by atoms with Crippen molar-refractivity contribution in [1.82, 2.24) is 10.3 Å². The van der Waals surface area contributed by atoms with Gasteiger partial charge in [-0.25, -0.2) is 9.78 Å². The van der Waals surface area contributed by atoms with Gasteiger partial charge in [0.15, 0.2) is 5.13 Å². The molecule has 0 aliphatic heterocycles. The average Bonchev–Trinajstić information content (AvgIpc) is 2.94. The molecule has 2 aromatic rings. The molecule has 1 aromatic carbocycles. The number of ether oxygens (including phenoxy) is 1. The highest BCUT2D eigenvalue weighted by atomic mass is 32.1. The van der Waals surface area contributed by atoms with Crippen molar-refractivity contribution in [3.8, 4) is 5.75 Å². The summed E-state index contributed by atoms with van der Waals surface area (Å²) in [6.07, 6.45) is 0. The zero-order valence-electron chi connectivity index (χ0n) is 13.3. The number of hydrogen-bond donors (Lipinski definition) is 2. The number of nitrogens with zero attached hydrogens (tertiary/aromatic N) is 1. The molecule has 0 spiro atoms. The summed E-state index contributed by atoms with van der Waals surface area (Å²) in [5, 5.41) is 8.14. The van der Waals surface area contributed by atoms with Gasteiger partial charge in [0.05, 0.1) is 12.8 Å². The minimum Gasteiger partial charge on any atom is -0.497 e. The fourth-order valence-corrected chi connectivity index (χ4v) is 2.71. The lowest BCUT2D eigenvalue weighted by Crippen LogP contribution is -2.28. The molecule has 2 rings (SSSR count). The minimum absolute atomic E-state index is 0.0203. The number of rotatable bonds is 4. The molecule has 0 aliphatic carbocycles. The van der Waals surface area contributed by atoms with Gasteiger partial charge >= 0.3 is 6.03 Å². The van der Waals surface area contributed by atoms with E-state index in [-0.39, 0.29) is 11.4 Å². The van der Waals surface area contributed by atoms with Crippen LogP contribution in [0.1, 0.15) is 32.0 Å². The van der Waals surface area contributed by atoms with Crippen molar-refractivity contribution in [2.24, 2.45) is 0 Å². The first-order valence-corrected chi connectivity index (χ1v) is 7.90. The molecule has 6 heteroatoms. The van der Waals surface area contributed by atoms with Gasteiger partial charge in [-0.05, 0) is 17.7 Å². The van der Waals surface area contributed by atoms with Crippen LogP contribution in [0.5, 0.6) is 5.75 Å². The Labute approximate surface area is 134 Å². The molecule has 2 N–H and O–H groups in total. The first-order valence-electron chi connectivity index (χ1n) is 7.02. The van der Waals surface area contributed by atoms with E-state index in [9.17, 15) is 4.79 Å². The van der Waals surface area contributed by atoms with Crippen molar-refractivity contribution in [2.75, 3.05) is 12.4 Å². The molecule has 0 fully saturated rings. The Morgan fingerprint density at radius 1 is 1.36 bits per heavy atom. The molecule has 0 unspecified atom stereocenters. The SMILES string of the molecule is COc1cccc(CNC(=O)Nc2nc(C(C)(C)C)cs2)c1. The van der Waals surface area contributed by atoms with Crippen LogP contribution in [0, 0.1) is 0 Å². The second kappa shape index (κ2) is 6.79. The zero-order chi connectivity index (χ0) is 16.2. The molecule has 1 aromatic heterocycles. The Hall–Kier alpha value is -2.08. The van der Waals surface area contributed by atoms with Gasteiger partial charge in [0.25, 0.3) is 0 Å². The lowest BCUT2D eigenvalue weighted by atomic mass is 9.93. The number of urea groups is 1. The van der Waals surface area contributed by atoms with E-state index < -0.39 is 0 Å². The van der Waals surface area contributed by atoms with E-state index in [1.54, 1.807) is 7.11 Å². The first kappa shape index (κ1) is 16.3. The number of hydrogen-bond acceptors (Lipinski definition) is 4. The largest absolute Gasteiger partial charge is 0.497 e. The van der Waals surface area contributed by atoms with Gasteiger partial charge in [-0.15, -0.1) is 11.3 Å². The van der Waals surface area contributed by atoms with Gasteiger partial charge < -0.3 is 10.1 Å². The summed E-state index contributed by atoms with van der Waals surface area (Å²) in [7, 11) is 1.62. The van der Waals surface area contributed by atoms with Crippen LogP contribution in [0.3, 0.4) is 0 Å². The Balaban J connectivity index is 1.89. The lowest BCUT2D eigenvalue weighted by Gasteiger charge is -2.14. The summed E-state index contributed by atoms with van der Waals surface area (Å²) >= 11 is 1.43. The normalized spacial score (nSPS) is 11.1. The van der Waals surface area contributed by atoms with Crippen LogP contribution in [-0.4, -0.2) is 18.1 Å². The Bertz CT molecular complexity index is 647. The second-order valence-corrected chi connectivity index (χ2v) is 6.81. The maximum Gasteiger partial charge on any atom is 0.321 e. The Morgan fingerprint density at radius 3 is 2.77 bits per heavy atom. The molecular weight excluding hydrogens is 298 g/mol. The van der Waals surface area contributed by atoms with Crippen molar-refractivity contribution in [3.05, 3.63) is 40.9 Å². The molecule has 118 valence electrons. The van der Waals surface area contributed by atoms with Crippen molar-refractivity contribution in [2.45, 2.75) is 32.7 Å². The van der Waals surface area contributed by atoms with Crippen LogP contribution in [0.4, 0.5) is 9.93 Å². The van der Waals surface area contributed by atoms with E-state index in [0.717, 1.165) is 17.0 Å². The van der Waals surface area contributed by atoms with E-state index in [2.05, 4.69) is 36.4 Å². The van der Waals surface area contributed by atoms with Crippen molar-refractivity contribution >= 4 is 22.5 Å². The maximum absolute atomic E-state index is 11.9. The second-order valence-electron chi connectivity index (χ2n) is 5.95. The highest BCUT2D eigenvalue weighted by Gasteiger charge is 2.18. The van der Waals surface area contributed by atoms with E-state index in [1.807, 2.05) is 29.6 Å². The number of amides is 2. The highest BCUT2D eigenvalue weighted by Crippen LogP contribution is 2.26. The number of carbonyl (C=O) groups is 1. The summed E-state index contributed by atoms with van der Waals surface area (Å²) in [5.41, 5.74) is 1.93. The van der Waals surface area contributed by atoms with Crippen LogP contribution in [-0.2, 0) is 12.0 Å². The van der Waals surface area contributed by atoms with Crippen LogP contribution in [0.2, 0.25) is 0 Å². The Morgan fingerprint density at radius 2 is 2.14 bits per heavy atom. The van der Waals surface area contributed by atoms with E-state index >= 15 is 0 Å². The van der Waals surface area contributed by atoms with Gasteiger partial charge in [0.2, 0.25) is 0 Å².